The second-order valence-electron chi connectivity index (χ2n) is 2.87. The number of halogens is 2. The molecule has 1 atom stereocenters. The van der Waals surface area contributed by atoms with Crippen LogP contribution in [-0.4, -0.2) is 22.5 Å². The summed E-state index contributed by atoms with van der Waals surface area (Å²) in [5.41, 5.74) is 0. The lowest BCUT2D eigenvalue weighted by Crippen LogP contribution is -2.14. The van der Waals surface area contributed by atoms with Gasteiger partial charge in [0, 0.05) is 4.90 Å². The third kappa shape index (κ3) is 3.37. The normalized spacial score (nSPS) is 12.2. The van der Waals surface area contributed by atoms with E-state index in [2.05, 4.69) is 4.74 Å². The standard InChI is InChI=1S/C10H10F2O3S/c1-2-15-10(13)6-16(14)7-3-4-8(11)9(12)5-7/h3-5H,2,6H2,1H3. The van der Waals surface area contributed by atoms with E-state index in [1.165, 1.54) is 6.07 Å². The van der Waals surface area contributed by atoms with Crippen LogP contribution >= 0.6 is 0 Å². The molecule has 0 amide bonds. The number of carbonyl (C=O) groups excluding carboxylic acids is 1. The van der Waals surface area contributed by atoms with E-state index in [0.717, 1.165) is 12.1 Å². The van der Waals surface area contributed by atoms with Crippen molar-refractivity contribution >= 4 is 16.8 Å². The Hall–Kier alpha value is -1.30. The van der Waals surface area contributed by atoms with Gasteiger partial charge in [-0.25, -0.2) is 8.78 Å². The molecule has 1 aromatic carbocycles. The molecule has 0 fully saturated rings. The Labute approximate surface area is 93.9 Å². The summed E-state index contributed by atoms with van der Waals surface area (Å²) in [5, 5.41) is 0. The Balaban J connectivity index is 2.73. The number of ether oxygens (including phenoxy) is 1. The molecule has 0 bridgehead atoms. The molecule has 0 heterocycles. The van der Waals surface area contributed by atoms with Gasteiger partial charge in [-0.1, -0.05) is 0 Å². The Bertz CT molecular complexity index is 421. The van der Waals surface area contributed by atoms with Crippen LogP contribution in [0.3, 0.4) is 0 Å². The Kier molecular flexibility index (Phi) is 4.54. The van der Waals surface area contributed by atoms with Gasteiger partial charge in [0.15, 0.2) is 11.6 Å². The van der Waals surface area contributed by atoms with E-state index in [4.69, 9.17) is 0 Å². The molecule has 0 saturated carbocycles. The van der Waals surface area contributed by atoms with Gasteiger partial charge in [0.2, 0.25) is 0 Å². The van der Waals surface area contributed by atoms with E-state index in [0.29, 0.717) is 0 Å². The summed E-state index contributed by atoms with van der Waals surface area (Å²) in [4.78, 5) is 11.1. The van der Waals surface area contributed by atoms with E-state index >= 15 is 0 Å². The fraction of sp³-hybridized carbons (Fsp3) is 0.300. The zero-order chi connectivity index (χ0) is 12.1. The van der Waals surface area contributed by atoms with Crippen molar-refractivity contribution in [2.24, 2.45) is 0 Å². The Morgan fingerprint density at radius 3 is 2.62 bits per heavy atom. The van der Waals surface area contributed by atoms with Crippen LogP contribution in [0.25, 0.3) is 0 Å². The highest BCUT2D eigenvalue weighted by Gasteiger charge is 2.13. The molecule has 0 aromatic heterocycles. The minimum absolute atomic E-state index is 0.0620. The number of hydrogen-bond acceptors (Lipinski definition) is 3. The average Bonchev–Trinajstić information content (AvgIpc) is 2.22. The van der Waals surface area contributed by atoms with Gasteiger partial charge >= 0.3 is 5.97 Å². The zero-order valence-corrected chi connectivity index (χ0v) is 9.35. The Morgan fingerprint density at radius 2 is 2.06 bits per heavy atom. The fourth-order valence-electron chi connectivity index (χ4n) is 1.01. The molecule has 1 unspecified atom stereocenters. The number of benzene rings is 1. The van der Waals surface area contributed by atoms with E-state index in [9.17, 15) is 17.8 Å². The second-order valence-corrected chi connectivity index (χ2v) is 4.32. The highest BCUT2D eigenvalue weighted by molar-refractivity contribution is 7.85. The van der Waals surface area contributed by atoms with Crippen molar-refractivity contribution in [3.63, 3.8) is 0 Å². The van der Waals surface area contributed by atoms with Crippen LogP contribution in [0.1, 0.15) is 6.92 Å². The lowest BCUT2D eigenvalue weighted by Gasteiger charge is -2.03. The van der Waals surface area contributed by atoms with Crippen LogP contribution in [0, 0.1) is 11.6 Å². The summed E-state index contributed by atoms with van der Waals surface area (Å²) in [5.74, 6) is -3.10. The van der Waals surface area contributed by atoms with Crippen LogP contribution in [0.2, 0.25) is 0 Å². The first-order chi connectivity index (χ1) is 7.54. The summed E-state index contributed by atoms with van der Waals surface area (Å²) in [7, 11) is -1.71. The van der Waals surface area contributed by atoms with E-state index in [-0.39, 0.29) is 17.3 Å². The molecule has 88 valence electrons. The molecule has 3 nitrogen and oxygen atoms in total. The molecule has 0 N–H and O–H groups in total. The third-order valence-corrected chi connectivity index (χ3v) is 2.99. The number of esters is 1. The molecule has 6 heteroatoms. The van der Waals surface area contributed by atoms with Gasteiger partial charge < -0.3 is 4.74 Å². The van der Waals surface area contributed by atoms with Gasteiger partial charge in [-0.3, -0.25) is 9.00 Å². The number of hydrogen-bond donors (Lipinski definition) is 0. The molecular formula is C10H10F2O3S. The minimum atomic E-state index is -1.71. The molecule has 0 radical (unpaired) electrons. The maximum atomic E-state index is 12.8. The largest absolute Gasteiger partial charge is 0.465 e. The highest BCUT2D eigenvalue weighted by atomic mass is 32.2. The first kappa shape index (κ1) is 12.8. The monoisotopic (exact) mass is 248 g/mol. The smallest absolute Gasteiger partial charge is 0.318 e. The molecule has 0 spiro atoms. The van der Waals surface area contributed by atoms with E-state index < -0.39 is 28.4 Å². The predicted octanol–water partition coefficient (Wildman–Crippen LogP) is 1.64. The van der Waals surface area contributed by atoms with Crippen molar-refractivity contribution in [2.75, 3.05) is 12.4 Å². The summed E-state index contributed by atoms with van der Waals surface area (Å²) in [6.45, 7) is 1.81. The van der Waals surface area contributed by atoms with Crippen LogP contribution in [0.15, 0.2) is 23.1 Å². The maximum absolute atomic E-state index is 12.8. The van der Waals surface area contributed by atoms with E-state index in [1.807, 2.05) is 0 Å². The van der Waals surface area contributed by atoms with Crippen molar-refractivity contribution in [2.45, 2.75) is 11.8 Å². The van der Waals surface area contributed by atoms with Crippen LogP contribution in [0.4, 0.5) is 8.78 Å². The van der Waals surface area contributed by atoms with Crippen molar-refractivity contribution in [1.29, 1.82) is 0 Å². The first-order valence-electron chi connectivity index (χ1n) is 4.53. The molecule has 0 aliphatic rings. The minimum Gasteiger partial charge on any atom is -0.465 e. The van der Waals surface area contributed by atoms with Crippen molar-refractivity contribution in [3.05, 3.63) is 29.8 Å². The average molecular weight is 248 g/mol. The second kappa shape index (κ2) is 5.69. The van der Waals surface area contributed by atoms with Gasteiger partial charge in [0.1, 0.15) is 5.75 Å². The lowest BCUT2D eigenvalue weighted by atomic mass is 10.3. The van der Waals surface area contributed by atoms with Crippen molar-refractivity contribution in [1.82, 2.24) is 0 Å². The lowest BCUT2D eigenvalue weighted by molar-refractivity contribution is -0.139. The van der Waals surface area contributed by atoms with Gasteiger partial charge in [-0.15, -0.1) is 0 Å². The SMILES string of the molecule is CCOC(=O)CS(=O)c1ccc(F)c(F)c1. The summed E-state index contributed by atoms with van der Waals surface area (Å²) in [6, 6.07) is 2.85. The molecule has 1 rings (SSSR count). The van der Waals surface area contributed by atoms with Crippen LogP contribution in [-0.2, 0) is 20.3 Å². The molecule has 16 heavy (non-hydrogen) atoms. The molecule has 0 saturated heterocycles. The number of rotatable bonds is 4. The van der Waals surface area contributed by atoms with Gasteiger partial charge in [-0.2, -0.15) is 0 Å². The highest BCUT2D eigenvalue weighted by Crippen LogP contribution is 2.12. The topological polar surface area (TPSA) is 43.4 Å². The Morgan fingerprint density at radius 1 is 1.38 bits per heavy atom. The van der Waals surface area contributed by atoms with Crippen LogP contribution < -0.4 is 0 Å². The quantitative estimate of drug-likeness (QED) is 0.761. The first-order valence-corrected chi connectivity index (χ1v) is 5.85. The summed E-state index contributed by atoms with van der Waals surface area (Å²) < 4.78 is 41.5. The zero-order valence-electron chi connectivity index (χ0n) is 8.54. The van der Waals surface area contributed by atoms with Crippen LogP contribution in [0.5, 0.6) is 0 Å². The summed E-state index contributed by atoms with van der Waals surface area (Å²) in [6.07, 6.45) is 0. The predicted molar refractivity (Wildman–Crippen MR) is 54.3 cm³/mol. The summed E-state index contributed by atoms with van der Waals surface area (Å²) >= 11 is 0. The molecule has 1 aromatic rings. The molecule has 0 aliphatic heterocycles. The van der Waals surface area contributed by atoms with Gasteiger partial charge in [0.25, 0.3) is 0 Å². The van der Waals surface area contributed by atoms with Gasteiger partial charge in [-0.05, 0) is 25.1 Å². The molecule has 0 aliphatic carbocycles. The van der Waals surface area contributed by atoms with Crippen molar-refractivity contribution in [3.8, 4) is 0 Å². The molecular weight excluding hydrogens is 238 g/mol. The third-order valence-electron chi connectivity index (χ3n) is 1.71. The van der Waals surface area contributed by atoms with E-state index in [1.54, 1.807) is 6.92 Å². The fourth-order valence-corrected chi connectivity index (χ4v) is 1.93. The van der Waals surface area contributed by atoms with Gasteiger partial charge in [0.05, 0.1) is 17.4 Å². The number of carbonyl (C=O) groups is 1. The maximum Gasteiger partial charge on any atom is 0.318 e. The van der Waals surface area contributed by atoms with Crippen molar-refractivity contribution < 1.29 is 22.5 Å².